The minimum absolute atomic E-state index is 0.425. The molecule has 4 aromatic rings. The Kier molecular flexibility index (Phi) is 6.95. The van der Waals surface area contributed by atoms with Gasteiger partial charge in [-0.05, 0) is 41.8 Å². The van der Waals surface area contributed by atoms with Gasteiger partial charge in [-0.2, -0.15) is 0 Å². The van der Waals surface area contributed by atoms with Crippen LogP contribution in [0.25, 0.3) is 22.1 Å². The summed E-state index contributed by atoms with van der Waals surface area (Å²) >= 11 is 0. The molecule has 6 heteroatoms. The third-order valence-electron chi connectivity index (χ3n) is 5.47. The van der Waals surface area contributed by atoms with E-state index in [0.717, 1.165) is 16.5 Å². The first-order chi connectivity index (χ1) is 16.1. The third kappa shape index (κ3) is 4.86. The van der Waals surface area contributed by atoms with Crippen molar-refractivity contribution in [2.24, 2.45) is 0 Å². The summed E-state index contributed by atoms with van der Waals surface area (Å²) in [6, 6.07) is 20.8. The molecule has 0 atom stereocenters. The summed E-state index contributed by atoms with van der Waals surface area (Å²) in [6.45, 7) is 0.879. The van der Waals surface area contributed by atoms with Gasteiger partial charge in [0.1, 0.15) is 29.4 Å². The van der Waals surface area contributed by atoms with Crippen LogP contribution in [0.1, 0.15) is 11.1 Å². The number of hydrogen-bond donors (Lipinski definition) is 0. The summed E-state index contributed by atoms with van der Waals surface area (Å²) in [6.07, 6.45) is 0.535. The average Bonchev–Trinajstić information content (AvgIpc) is 2.86. The number of rotatable bonds is 9. The van der Waals surface area contributed by atoms with E-state index in [4.69, 9.17) is 23.4 Å². The summed E-state index contributed by atoms with van der Waals surface area (Å²) < 4.78 is 27.8. The predicted molar refractivity (Wildman–Crippen MR) is 127 cm³/mol. The molecule has 0 aliphatic heterocycles. The quantitative estimate of drug-likeness (QED) is 0.327. The minimum atomic E-state index is -0.447. The zero-order valence-electron chi connectivity index (χ0n) is 18.9. The van der Waals surface area contributed by atoms with Crippen LogP contribution in [0.3, 0.4) is 0 Å². The molecule has 0 aliphatic carbocycles. The van der Waals surface area contributed by atoms with Gasteiger partial charge < -0.3 is 23.4 Å². The molecule has 0 saturated heterocycles. The first-order valence-electron chi connectivity index (χ1n) is 10.6. The Morgan fingerprint density at radius 1 is 0.848 bits per heavy atom. The summed E-state index contributed by atoms with van der Waals surface area (Å²) in [7, 11) is 4.78. The standard InChI is InChI=1S/C27H26O6/c1-29-14-13-22-21-11-10-20(32-17-18-7-5-4-6-8-18)16-25(21)33-27(28)26(22)23-12-9-19(30-2)15-24(23)31-3/h4-12,15-16H,13-14,17H2,1-3H3. The van der Waals surface area contributed by atoms with Crippen molar-refractivity contribution in [3.8, 4) is 28.4 Å². The molecule has 0 aliphatic rings. The van der Waals surface area contributed by atoms with Gasteiger partial charge in [0, 0.05) is 30.2 Å². The summed E-state index contributed by atoms with van der Waals surface area (Å²) in [5.74, 6) is 1.80. The zero-order valence-corrected chi connectivity index (χ0v) is 18.9. The van der Waals surface area contributed by atoms with Gasteiger partial charge in [0.15, 0.2) is 0 Å². The summed E-state index contributed by atoms with van der Waals surface area (Å²) in [5, 5.41) is 0.826. The SMILES string of the molecule is COCCc1c(-c2ccc(OC)cc2OC)c(=O)oc2cc(OCc3ccccc3)ccc12. The van der Waals surface area contributed by atoms with Crippen LogP contribution in [-0.4, -0.2) is 27.9 Å². The number of methoxy groups -OCH3 is 3. The predicted octanol–water partition coefficient (Wildman–Crippen LogP) is 5.25. The normalized spacial score (nSPS) is 10.9. The monoisotopic (exact) mass is 446 g/mol. The van der Waals surface area contributed by atoms with Gasteiger partial charge >= 0.3 is 5.63 Å². The maximum absolute atomic E-state index is 13.2. The van der Waals surface area contributed by atoms with Crippen molar-refractivity contribution in [1.29, 1.82) is 0 Å². The second-order valence-corrected chi connectivity index (χ2v) is 7.48. The highest BCUT2D eigenvalue weighted by molar-refractivity contribution is 5.89. The number of hydrogen-bond acceptors (Lipinski definition) is 6. The third-order valence-corrected chi connectivity index (χ3v) is 5.47. The molecule has 0 amide bonds. The van der Waals surface area contributed by atoms with Crippen molar-refractivity contribution in [2.45, 2.75) is 13.0 Å². The van der Waals surface area contributed by atoms with Crippen LogP contribution in [0.5, 0.6) is 17.2 Å². The molecule has 0 spiro atoms. The molecule has 0 radical (unpaired) electrons. The van der Waals surface area contributed by atoms with Crippen molar-refractivity contribution in [2.75, 3.05) is 27.9 Å². The Bertz CT molecular complexity index is 1290. The smallest absolute Gasteiger partial charge is 0.344 e. The maximum atomic E-state index is 13.2. The van der Waals surface area contributed by atoms with Crippen molar-refractivity contribution < 1.29 is 23.4 Å². The van der Waals surface area contributed by atoms with E-state index in [2.05, 4.69) is 0 Å². The fraction of sp³-hybridized carbons (Fsp3) is 0.222. The number of benzene rings is 3. The van der Waals surface area contributed by atoms with Crippen molar-refractivity contribution in [3.05, 3.63) is 88.3 Å². The molecular weight excluding hydrogens is 420 g/mol. The molecule has 0 fully saturated rings. The molecule has 170 valence electrons. The van der Waals surface area contributed by atoms with Crippen LogP contribution < -0.4 is 19.8 Å². The van der Waals surface area contributed by atoms with Crippen LogP contribution >= 0.6 is 0 Å². The molecule has 4 rings (SSSR count). The fourth-order valence-electron chi connectivity index (χ4n) is 3.82. The van der Waals surface area contributed by atoms with Crippen molar-refractivity contribution in [3.63, 3.8) is 0 Å². The fourth-order valence-corrected chi connectivity index (χ4v) is 3.82. The Morgan fingerprint density at radius 2 is 1.64 bits per heavy atom. The van der Waals surface area contributed by atoms with Gasteiger partial charge in [-0.15, -0.1) is 0 Å². The lowest BCUT2D eigenvalue weighted by molar-refractivity contribution is 0.202. The lowest BCUT2D eigenvalue weighted by Crippen LogP contribution is -2.11. The Labute approximate surface area is 192 Å². The van der Waals surface area contributed by atoms with E-state index in [1.54, 1.807) is 39.5 Å². The van der Waals surface area contributed by atoms with E-state index in [1.807, 2.05) is 48.5 Å². The molecular formula is C27H26O6. The lowest BCUT2D eigenvalue weighted by atomic mass is 9.95. The second kappa shape index (κ2) is 10.2. The van der Waals surface area contributed by atoms with Crippen molar-refractivity contribution >= 4 is 11.0 Å². The van der Waals surface area contributed by atoms with E-state index in [1.165, 1.54) is 0 Å². The molecule has 0 saturated carbocycles. The Hall–Kier alpha value is -3.77. The van der Waals surface area contributed by atoms with Gasteiger partial charge in [-0.1, -0.05) is 30.3 Å². The topological polar surface area (TPSA) is 67.1 Å². The first-order valence-corrected chi connectivity index (χ1v) is 10.6. The highest BCUT2D eigenvalue weighted by atomic mass is 16.5. The van der Waals surface area contributed by atoms with Gasteiger partial charge in [0.2, 0.25) is 0 Å². The molecule has 0 bridgehead atoms. The van der Waals surface area contributed by atoms with Crippen molar-refractivity contribution in [1.82, 2.24) is 0 Å². The van der Waals surface area contributed by atoms with E-state index in [9.17, 15) is 4.79 Å². The van der Waals surface area contributed by atoms with E-state index in [-0.39, 0.29) is 0 Å². The molecule has 1 heterocycles. The molecule has 1 aromatic heterocycles. The van der Waals surface area contributed by atoms with E-state index >= 15 is 0 Å². The van der Waals surface area contributed by atoms with Gasteiger partial charge in [0.05, 0.1) is 26.4 Å². The van der Waals surface area contributed by atoms with Crippen LogP contribution in [0.2, 0.25) is 0 Å². The Balaban J connectivity index is 1.79. The van der Waals surface area contributed by atoms with E-state index in [0.29, 0.717) is 53.6 Å². The minimum Gasteiger partial charge on any atom is -0.497 e. The highest BCUT2D eigenvalue weighted by Gasteiger charge is 2.20. The molecule has 3 aromatic carbocycles. The Morgan fingerprint density at radius 3 is 2.36 bits per heavy atom. The molecule has 33 heavy (non-hydrogen) atoms. The van der Waals surface area contributed by atoms with Crippen LogP contribution in [-0.2, 0) is 17.8 Å². The number of fused-ring (bicyclic) bond motifs is 1. The van der Waals surface area contributed by atoms with Crippen LogP contribution in [0.15, 0.2) is 75.9 Å². The average molecular weight is 446 g/mol. The lowest BCUT2D eigenvalue weighted by Gasteiger charge is -2.15. The second-order valence-electron chi connectivity index (χ2n) is 7.48. The summed E-state index contributed by atoms with van der Waals surface area (Å²) in [4.78, 5) is 13.2. The largest absolute Gasteiger partial charge is 0.497 e. The van der Waals surface area contributed by atoms with Gasteiger partial charge in [-0.25, -0.2) is 4.79 Å². The zero-order chi connectivity index (χ0) is 23.2. The summed E-state index contributed by atoms with van der Waals surface area (Å²) in [5.41, 5.74) is 3.01. The number of ether oxygens (including phenoxy) is 4. The van der Waals surface area contributed by atoms with Crippen LogP contribution in [0.4, 0.5) is 0 Å². The highest BCUT2D eigenvalue weighted by Crippen LogP contribution is 2.36. The maximum Gasteiger partial charge on any atom is 0.344 e. The van der Waals surface area contributed by atoms with E-state index < -0.39 is 5.63 Å². The van der Waals surface area contributed by atoms with Gasteiger partial charge in [-0.3, -0.25) is 0 Å². The van der Waals surface area contributed by atoms with Gasteiger partial charge in [0.25, 0.3) is 0 Å². The van der Waals surface area contributed by atoms with Crippen LogP contribution in [0, 0.1) is 0 Å². The molecule has 0 unspecified atom stereocenters. The molecule has 6 nitrogen and oxygen atoms in total. The first kappa shape index (κ1) is 22.4. The molecule has 0 N–H and O–H groups in total.